The van der Waals surface area contributed by atoms with Crippen LogP contribution in [0.2, 0.25) is 0 Å². The Hall–Kier alpha value is -3.41. The third-order valence-electron chi connectivity index (χ3n) is 4.56. The van der Waals surface area contributed by atoms with Gasteiger partial charge in [-0.1, -0.05) is 60.2 Å². The molecule has 1 atom stereocenters. The molecule has 2 aromatic carbocycles. The Balaban J connectivity index is 1.85. The molecule has 0 fully saturated rings. The summed E-state index contributed by atoms with van der Waals surface area (Å²) in [6.45, 7) is 5.79. The molecule has 0 saturated carbocycles. The van der Waals surface area contributed by atoms with E-state index in [9.17, 15) is 9.59 Å². The van der Waals surface area contributed by atoms with Crippen molar-refractivity contribution in [2.45, 2.75) is 32.9 Å². The molecule has 2 amide bonds. The van der Waals surface area contributed by atoms with Crippen LogP contribution < -0.4 is 10.6 Å². The molecular formula is C23H26N4O2. The molecule has 0 unspecified atom stereocenters. The largest absolute Gasteiger partial charge is 0.352 e. The SMILES string of the molecule is Cc1ccc(-c2cc(C(=O)N[C@H](C(=O)NC(C)C)c3ccccc3)nn2C)cc1. The van der Waals surface area contributed by atoms with Gasteiger partial charge in [-0.25, -0.2) is 0 Å². The van der Waals surface area contributed by atoms with Crippen LogP contribution in [-0.2, 0) is 11.8 Å². The molecule has 0 aliphatic heterocycles. The number of carbonyl (C=O) groups excluding carboxylic acids is 2. The van der Waals surface area contributed by atoms with Crippen molar-refractivity contribution < 1.29 is 9.59 Å². The summed E-state index contributed by atoms with van der Waals surface area (Å²) in [5.74, 6) is -0.652. The van der Waals surface area contributed by atoms with E-state index >= 15 is 0 Å². The van der Waals surface area contributed by atoms with Gasteiger partial charge < -0.3 is 10.6 Å². The number of aryl methyl sites for hydroxylation is 2. The fraction of sp³-hybridized carbons (Fsp3) is 0.261. The van der Waals surface area contributed by atoms with E-state index in [0.29, 0.717) is 5.56 Å². The maximum absolute atomic E-state index is 12.9. The Kier molecular flexibility index (Phi) is 6.12. The van der Waals surface area contributed by atoms with Crippen LogP contribution in [0.4, 0.5) is 0 Å². The summed E-state index contributed by atoms with van der Waals surface area (Å²) >= 11 is 0. The van der Waals surface area contributed by atoms with Crippen molar-refractivity contribution in [2.75, 3.05) is 0 Å². The van der Waals surface area contributed by atoms with Gasteiger partial charge in [0.15, 0.2) is 5.69 Å². The highest BCUT2D eigenvalue weighted by atomic mass is 16.2. The Morgan fingerprint density at radius 3 is 2.24 bits per heavy atom. The number of aromatic nitrogens is 2. The van der Waals surface area contributed by atoms with Gasteiger partial charge in [-0.3, -0.25) is 14.3 Å². The van der Waals surface area contributed by atoms with Gasteiger partial charge >= 0.3 is 0 Å². The van der Waals surface area contributed by atoms with Crippen molar-refractivity contribution in [1.82, 2.24) is 20.4 Å². The molecule has 0 bridgehead atoms. The molecule has 0 radical (unpaired) electrons. The molecular weight excluding hydrogens is 364 g/mol. The summed E-state index contributed by atoms with van der Waals surface area (Å²) < 4.78 is 1.67. The van der Waals surface area contributed by atoms with E-state index < -0.39 is 11.9 Å². The van der Waals surface area contributed by atoms with E-state index in [1.807, 2.05) is 75.4 Å². The highest BCUT2D eigenvalue weighted by Gasteiger charge is 2.25. The smallest absolute Gasteiger partial charge is 0.272 e. The van der Waals surface area contributed by atoms with Crippen molar-refractivity contribution in [1.29, 1.82) is 0 Å². The lowest BCUT2D eigenvalue weighted by atomic mass is 10.1. The molecule has 29 heavy (non-hydrogen) atoms. The number of hydrogen-bond acceptors (Lipinski definition) is 3. The topological polar surface area (TPSA) is 76.0 Å². The van der Waals surface area contributed by atoms with Crippen molar-refractivity contribution in [3.63, 3.8) is 0 Å². The predicted octanol–water partition coefficient (Wildman–Crippen LogP) is 3.39. The maximum Gasteiger partial charge on any atom is 0.272 e. The van der Waals surface area contributed by atoms with Gasteiger partial charge in [0.2, 0.25) is 5.91 Å². The number of nitrogens with zero attached hydrogens (tertiary/aromatic N) is 2. The van der Waals surface area contributed by atoms with Crippen molar-refractivity contribution in [2.24, 2.45) is 7.05 Å². The molecule has 0 aliphatic rings. The molecule has 1 aromatic heterocycles. The summed E-state index contributed by atoms with van der Waals surface area (Å²) in [7, 11) is 1.80. The Labute approximate surface area is 170 Å². The van der Waals surface area contributed by atoms with Crippen LogP contribution in [0, 0.1) is 6.92 Å². The molecule has 1 heterocycles. The predicted molar refractivity (Wildman–Crippen MR) is 113 cm³/mol. The van der Waals surface area contributed by atoms with E-state index in [4.69, 9.17) is 0 Å². The third kappa shape index (κ3) is 4.90. The molecule has 2 N–H and O–H groups in total. The Morgan fingerprint density at radius 2 is 1.62 bits per heavy atom. The maximum atomic E-state index is 12.9. The minimum atomic E-state index is -0.795. The fourth-order valence-electron chi connectivity index (χ4n) is 3.09. The number of hydrogen-bond donors (Lipinski definition) is 2. The zero-order valence-corrected chi connectivity index (χ0v) is 17.1. The molecule has 3 aromatic rings. The number of nitrogens with one attached hydrogen (secondary N) is 2. The lowest BCUT2D eigenvalue weighted by Crippen LogP contribution is -2.42. The quantitative estimate of drug-likeness (QED) is 0.677. The molecule has 0 saturated heterocycles. The second-order valence-electron chi connectivity index (χ2n) is 7.38. The molecule has 3 rings (SSSR count). The minimum absolute atomic E-state index is 0.0337. The first kappa shape index (κ1) is 20.3. The normalized spacial score (nSPS) is 11.9. The van der Waals surface area contributed by atoms with E-state index in [1.165, 1.54) is 0 Å². The van der Waals surface area contributed by atoms with Crippen LogP contribution in [0.25, 0.3) is 11.3 Å². The van der Waals surface area contributed by atoms with E-state index in [-0.39, 0.29) is 17.6 Å². The van der Waals surface area contributed by atoms with Crippen molar-refractivity contribution in [3.8, 4) is 11.3 Å². The van der Waals surface area contributed by atoms with Gasteiger partial charge in [-0.2, -0.15) is 5.10 Å². The highest BCUT2D eigenvalue weighted by molar-refractivity contribution is 5.97. The summed E-state index contributed by atoms with van der Waals surface area (Å²) in [4.78, 5) is 25.6. The van der Waals surface area contributed by atoms with E-state index in [0.717, 1.165) is 16.8 Å². The zero-order chi connectivity index (χ0) is 21.0. The van der Waals surface area contributed by atoms with E-state index in [1.54, 1.807) is 17.8 Å². The molecule has 0 spiro atoms. The molecule has 6 nitrogen and oxygen atoms in total. The molecule has 6 heteroatoms. The van der Waals surface area contributed by atoms with Gasteiger partial charge in [-0.05, 0) is 38.0 Å². The first-order chi connectivity index (χ1) is 13.8. The van der Waals surface area contributed by atoms with Crippen molar-refractivity contribution >= 4 is 11.8 Å². The molecule has 0 aliphatic carbocycles. The van der Waals surface area contributed by atoms with Gasteiger partial charge in [0.1, 0.15) is 6.04 Å². The second-order valence-corrected chi connectivity index (χ2v) is 7.38. The summed E-state index contributed by atoms with van der Waals surface area (Å²) in [6, 6.07) is 18.1. The minimum Gasteiger partial charge on any atom is -0.352 e. The van der Waals surface area contributed by atoms with Crippen LogP contribution in [0.3, 0.4) is 0 Å². The first-order valence-electron chi connectivity index (χ1n) is 9.62. The number of amides is 2. The highest BCUT2D eigenvalue weighted by Crippen LogP contribution is 2.21. The Morgan fingerprint density at radius 1 is 0.966 bits per heavy atom. The average Bonchev–Trinajstić information content (AvgIpc) is 3.08. The van der Waals surface area contributed by atoms with Crippen LogP contribution >= 0.6 is 0 Å². The lowest BCUT2D eigenvalue weighted by molar-refractivity contribution is -0.123. The second kappa shape index (κ2) is 8.73. The van der Waals surface area contributed by atoms with Gasteiger partial charge in [0.25, 0.3) is 5.91 Å². The Bertz CT molecular complexity index is 991. The van der Waals surface area contributed by atoms with Crippen LogP contribution in [0.5, 0.6) is 0 Å². The van der Waals surface area contributed by atoms with Crippen molar-refractivity contribution in [3.05, 3.63) is 77.5 Å². The van der Waals surface area contributed by atoms with Crippen LogP contribution in [0.1, 0.15) is 41.5 Å². The van der Waals surface area contributed by atoms with Gasteiger partial charge in [0, 0.05) is 13.1 Å². The first-order valence-corrected chi connectivity index (χ1v) is 9.62. The number of benzene rings is 2. The number of carbonyl (C=O) groups is 2. The standard InChI is InChI=1S/C23H26N4O2/c1-15(2)24-23(29)21(18-8-6-5-7-9-18)25-22(28)19-14-20(27(4)26-19)17-12-10-16(3)11-13-17/h5-15,21H,1-4H3,(H,24,29)(H,25,28)/t21-/m0/s1. The lowest BCUT2D eigenvalue weighted by Gasteiger charge is -2.19. The van der Waals surface area contributed by atoms with Gasteiger partial charge in [0.05, 0.1) is 5.69 Å². The van der Waals surface area contributed by atoms with Crippen LogP contribution in [-0.4, -0.2) is 27.6 Å². The summed E-state index contributed by atoms with van der Waals surface area (Å²) in [5.41, 5.74) is 3.95. The average molecular weight is 390 g/mol. The zero-order valence-electron chi connectivity index (χ0n) is 17.1. The molecule has 150 valence electrons. The van der Waals surface area contributed by atoms with Crippen LogP contribution in [0.15, 0.2) is 60.7 Å². The van der Waals surface area contributed by atoms with E-state index in [2.05, 4.69) is 15.7 Å². The number of rotatable bonds is 6. The fourth-order valence-corrected chi connectivity index (χ4v) is 3.09. The monoisotopic (exact) mass is 390 g/mol. The third-order valence-corrected chi connectivity index (χ3v) is 4.56. The summed E-state index contributed by atoms with van der Waals surface area (Å²) in [6.07, 6.45) is 0. The van der Waals surface area contributed by atoms with Gasteiger partial charge in [-0.15, -0.1) is 0 Å². The summed E-state index contributed by atoms with van der Waals surface area (Å²) in [5, 5.41) is 10.0.